The maximum absolute atomic E-state index is 12.3. The van der Waals surface area contributed by atoms with E-state index < -0.39 is 6.10 Å². The summed E-state index contributed by atoms with van der Waals surface area (Å²) in [6.45, 7) is 5.71. The van der Waals surface area contributed by atoms with Gasteiger partial charge in [0.25, 0.3) is 5.91 Å². The molecule has 0 unspecified atom stereocenters. The molecule has 4 nitrogen and oxygen atoms in total. The molecule has 0 aromatic heterocycles. The predicted molar refractivity (Wildman–Crippen MR) is 87.6 cm³/mol. The van der Waals surface area contributed by atoms with Crippen LogP contribution in [-0.4, -0.2) is 19.1 Å². The number of benzene rings is 2. The molecular formula is C18H21NO3. The Labute approximate surface area is 131 Å². The minimum absolute atomic E-state index is 0.218. The van der Waals surface area contributed by atoms with Crippen LogP contribution in [0.2, 0.25) is 0 Å². The molecule has 0 aliphatic heterocycles. The second-order valence-electron chi connectivity index (χ2n) is 5.22. The Morgan fingerprint density at radius 3 is 2.50 bits per heavy atom. The number of anilines is 1. The summed E-state index contributed by atoms with van der Waals surface area (Å²) in [7, 11) is 1.57. The molecule has 0 saturated carbocycles. The summed E-state index contributed by atoms with van der Waals surface area (Å²) in [4.78, 5) is 12.3. The second-order valence-corrected chi connectivity index (χ2v) is 5.22. The first kappa shape index (κ1) is 15.9. The van der Waals surface area contributed by atoms with Gasteiger partial charge in [-0.05, 0) is 44.5 Å². The Bertz CT molecular complexity index is 667. The van der Waals surface area contributed by atoms with E-state index >= 15 is 0 Å². The number of carbonyl (C=O) groups is 1. The molecule has 1 amide bonds. The maximum atomic E-state index is 12.3. The highest BCUT2D eigenvalue weighted by molar-refractivity contribution is 5.95. The van der Waals surface area contributed by atoms with Gasteiger partial charge in [0.1, 0.15) is 11.5 Å². The van der Waals surface area contributed by atoms with E-state index in [1.807, 2.05) is 44.2 Å². The van der Waals surface area contributed by atoms with Crippen molar-refractivity contribution < 1.29 is 14.3 Å². The quantitative estimate of drug-likeness (QED) is 0.915. The van der Waals surface area contributed by atoms with Crippen LogP contribution < -0.4 is 14.8 Å². The highest BCUT2D eigenvalue weighted by Crippen LogP contribution is 2.24. The van der Waals surface area contributed by atoms with Gasteiger partial charge in [-0.3, -0.25) is 4.79 Å². The van der Waals surface area contributed by atoms with Crippen LogP contribution >= 0.6 is 0 Å². The van der Waals surface area contributed by atoms with Gasteiger partial charge >= 0.3 is 0 Å². The van der Waals surface area contributed by atoms with Crippen LogP contribution in [0.3, 0.4) is 0 Å². The predicted octanol–water partition coefficient (Wildman–Crippen LogP) is 3.72. The number of methoxy groups -OCH3 is 1. The van der Waals surface area contributed by atoms with Crippen LogP contribution in [0, 0.1) is 13.8 Å². The molecule has 0 radical (unpaired) electrons. The minimum Gasteiger partial charge on any atom is -0.495 e. The number of hydrogen-bond donors (Lipinski definition) is 1. The maximum Gasteiger partial charge on any atom is 0.265 e. The fourth-order valence-electron chi connectivity index (χ4n) is 2.16. The standard InChI is InChI=1S/C18H21NO3/c1-12-9-10-16(13(2)11-12)22-14(3)18(20)19-15-7-5-6-8-17(15)21-4/h5-11,14H,1-4H3,(H,19,20)/t14-/m1/s1. The zero-order valence-corrected chi connectivity index (χ0v) is 13.3. The van der Waals surface area contributed by atoms with Gasteiger partial charge in [0.2, 0.25) is 0 Å². The minimum atomic E-state index is -0.605. The third kappa shape index (κ3) is 3.79. The van der Waals surface area contributed by atoms with Crippen molar-refractivity contribution in [1.82, 2.24) is 0 Å². The summed E-state index contributed by atoms with van der Waals surface area (Å²) in [6, 6.07) is 13.2. The number of amides is 1. The molecule has 1 N–H and O–H groups in total. The summed E-state index contributed by atoms with van der Waals surface area (Å²) in [5.74, 6) is 1.12. The zero-order chi connectivity index (χ0) is 16.1. The molecule has 0 fully saturated rings. The molecule has 116 valence electrons. The molecule has 0 spiro atoms. The lowest BCUT2D eigenvalue weighted by Gasteiger charge is -2.17. The molecule has 0 heterocycles. The molecule has 4 heteroatoms. The number of para-hydroxylation sites is 2. The van der Waals surface area contributed by atoms with E-state index in [1.165, 1.54) is 0 Å². The van der Waals surface area contributed by atoms with Crippen molar-refractivity contribution in [2.45, 2.75) is 26.9 Å². The fraction of sp³-hybridized carbons (Fsp3) is 0.278. The lowest BCUT2D eigenvalue weighted by molar-refractivity contribution is -0.122. The molecule has 1 atom stereocenters. The number of hydrogen-bond acceptors (Lipinski definition) is 3. The average Bonchev–Trinajstić information content (AvgIpc) is 2.50. The van der Waals surface area contributed by atoms with Crippen molar-refractivity contribution in [2.75, 3.05) is 12.4 Å². The Kier molecular flexibility index (Phi) is 5.04. The van der Waals surface area contributed by atoms with E-state index in [1.54, 1.807) is 26.2 Å². The molecule has 0 aliphatic carbocycles. The molecule has 0 bridgehead atoms. The number of carbonyl (C=O) groups excluding carboxylic acids is 1. The van der Waals surface area contributed by atoms with Crippen LogP contribution in [-0.2, 0) is 4.79 Å². The van der Waals surface area contributed by atoms with E-state index in [9.17, 15) is 4.79 Å². The highest BCUT2D eigenvalue weighted by atomic mass is 16.5. The Morgan fingerprint density at radius 2 is 1.82 bits per heavy atom. The third-order valence-electron chi connectivity index (χ3n) is 3.37. The van der Waals surface area contributed by atoms with Gasteiger partial charge in [-0.1, -0.05) is 29.8 Å². The summed E-state index contributed by atoms with van der Waals surface area (Å²) in [5.41, 5.74) is 2.80. The number of rotatable bonds is 5. The average molecular weight is 299 g/mol. The van der Waals surface area contributed by atoms with Gasteiger partial charge in [-0.25, -0.2) is 0 Å². The zero-order valence-electron chi connectivity index (χ0n) is 13.3. The van der Waals surface area contributed by atoms with Crippen molar-refractivity contribution in [1.29, 1.82) is 0 Å². The smallest absolute Gasteiger partial charge is 0.265 e. The van der Waals surface area contributed by atoms with E-state index in [0.29, 0.717) is 17.2 Å². The Hall–Kier alpha value is -2.49. The monoisotopic (exact) mass is 299 g/mol. The lowest BCUT2D eigenvalue weighted by Crippen LogP contribution is -2.30. The number of ether oxygens (including phenoxy) is 2. The molecule has 2 rings (SSSR count). The summed E-state index contributed by atoms with van der Waals surface area (Å²) >= 11 is 0. The molecule has 0 aliphatic rings. The first-order valence-corrected chi connectivity index (χ1v) is 7.19. The SMILES string of the molecule is COc1ccccc1NC(=O)[C@@H](C)Oc1ccc(C)cc1C. The summed E-state index contributed by atoms with van der Waals surface area (Å²) in [6.07, 6.45) is -0.605. The first-order chi connectivity index (χ1) is 10.5. The van der Waals surface area contributed by atoms with E-state index in [0.717, 1.165) is 11.1 Å². The van der Waals surface area contributed by atoms with Crippen LogP contribution in [0.25, 0.3) is 0 Å². The molecule has 0 saturated heterocycles. The molecule has 2 aromatic rings. The third-order valence-corrected chi connectivity index (χ3v) is 3.37. The van der Waals surface area contributed by atoms with E-state index in [-0.39, 0.29) is 5.91 Å². The van der Waals surface area contributed by atoms with E-state index in [4.69, 9.17) is 9.47 Å². The molecule has 2 aromatic carbocycles. The Balaban J connectivity index is 2.06. The van der Waals surface area contributed by atoms with Crippen LogP contribution in [0.1, 0.15) is 18.1 Å². The summed E-state index contributed by atoms with van der Waals surface area (Å²) in [5, 5.41) is 2.82. The van der Waals surface area contributed by atoms with E-state index in [2.05, 4.69) is 5.32 Å². The lowest BCUT2D eigenvalue weighted by atomic mass is 10.1. The fourth-order valence-corrected chi connectivity index (χ4v) is 2.16. The number of aryl methyl sites for hydroxylation is 2. The van der Waals surface area contributed by atoms with Gasteiger partial charge in [0, 0.05) is 0 Å². The van der Waals surface area contributed by atoms with Crippen molar-refractivity contribution in [2.24, 2.45) is 0 Å². The summed E-state index contributed by atoms with van der Waals surface area (Å²) < 4.78 is 11.0. The highest BCUT2D eigenvalue weighted by Gasteiger charge is 2.17. The second kappa shape index (κ2) is 6.98. The molecule has 22 heavy (non-hydrogen) atoms. The normalized spacial score (nSPS) is 11.6. The topological polar surface area (TPSA) is 47.6 Å². The largest absolute Gasteiger partial charge is 0.495 e. The van der Waals surface area contributed by atoms with Gasteiger partial charge in [0.15, 0.2) is 6.10 Å². The van der Waals surface area contributed by atoms with Gasteiger partial charge in [-0.15, -0.1) is 0 Å². The van der Waals surface area contributed by atoms with Crippen LogP contribution in [0.4, 0.5) is 5.69 Å². The van der Waals surface area contributed by atoms with Crippen LogP contribution in [0.15, 0.2) is 42.5 Å². The van der Waals surface area contributed by atoms with Gasteiger partial charge in [-0.2, -0.15) is 0 Å². The Morgan fingerprint density at radius 1 is 1.09 bits per heavy atom. The number of nitrogens with one attached hydrogen (secondary N) is 1. The van der Waals surface area contributed by atoms with Crippen molar-refractivity contribution in [3.8, 4) is 11.5 Å². The van der Waals surface area contributed by atoms with Crippen molar-refractivity contribution in [3.63, 3.8) is 0 Å². The molecular weight excluding hydrogens is 278 g/mol. The van der Waals surface area contributed by atoms with Gasteiger partial charge in [0.05, 0.1) is 12.8 Å². The van der Waals surface area contributed by atoms with Crippen molar-refractivity contribution >= 4 is 11.6 Å². The van der Waals surface area contributed by atoms with Crippen LogP contribution in [0.5, 0.6) is 11.5 Å². The first-order valence-electron chi connectivity index (χ1n) is 7.19. The van der Waals surface area contributed by atoms with Gasteiger partial charge < -0.3 is 14.8 Å². The van der Waals surface area contributed by atoms with Crippen molar-refractivity contribution in [3.05, 3.63) is 53.6 Å².